The summed E-state index contributed by atoms with van der Waals surface area (Å²) in [6, 6.07) is 15.3. The topological polar surface area (TPSA) is 155 Å². The van der Waals surface area contributed by atoms with Crippen LogP contribution >= 0.6 is 0 Å². The van der Waals surface area contributed by atoms with Gasteiger partial charge in [0.25, 0.3) is 12.2 Å². The van der Waals surface area contributed by atoms with Gasteiger partial charge >= 0.3 is 5.84 Å². The van der Waals surface area contributed by atoms with Gasteiger partial charge in [0, 0.05) is 48.4 Å². The summed E-state index contributed by atoms with van der Waals surface area (Å²) >= 11 is 0. The van der Waals surface area contributed by atoms with Gasteiger partial charge in [-0.05, 0) is 91.7 Å². The van der Waals surface area contributed by atoms with Gasteiger partial charge in [-0.3, -0.25) is 39.1 Å². The molecule has 4 heterocycles. The third-order valence-corrected chi connectivity index (χ3v) is 12.1. The van der Waals surface area contributed by atoms with Crippen molar-refractivity contribution in [1.29, 1.82) is 0 Å². The van der Waals surface area contributed by atoms with E-state index in [1.165, 1.54) is 18.4 Å². The number of hydrogen-bond acceptors (Lipinski definition) is 10. The number of amidine groups is 1. The van der Waals surface area contributed by atoms with Crippen LogP contribution in [0.25, 0.3) is 0 Å². The average molecular weight is 759 g/mol. The van der Waals surface area contributed by atoms with Gasteiger partial charge in [-0.2, -0.15) is 0 Å². The first kappa shape index (κ1) is 37.4. The van der Waals surface area contributed by atoms with E-state index < -0.39 is 17.7 Å². The second-order valence-electron chi connectivity index (χ2n) is 15.6. The van der Waals surface area contributed by atoms with Crippen LogP contribution in [0.4, 0.5) is 11.5 Å². The number of imide groups is 1. The van der Waals surface area contributed by atoms with Crippen molar-refractivity contribution in [2.24, 2.45) is 17.8 Å². The largest absolute Gasteiger partial charge is 0.383 e. The zero-order valence-electron chi connectivity index (χ0n) is 32.2. The molecule has 0 spiro atoms. The average Bonchev–Trinajstić information content (AvgIpc) is 3.82. The van der Waals surface area contributed by atoms with Gasteiger partial charge in [0.1, 0.15) is 5.82 Å². The van der Waals surface area contributed by atoms with Crippen LogP contribution in [0, 0.1) is 17.8 Å². The number of ketones is 2. The summed E-state index contributed by atoms with van der Waals surface area (Å²) in [5, 5.41) is 5.53. The number of carbonyl (C=O) groups is 5. The Hall–Kier alpha value is -5.49. The van der Waals surface area contributed by atoms with Gasteiger partial charge in [-0.1, -0.05) is 31.9 Å². The summed E-state index contributed by atoms with van der Waals surface area (Å²) in [6.07, 6.45) is 5.63. The standard InChI is InChI=1S/C43H47N7O6/c1-4-49-24-45-41(49)35-9-6-10-36(46-35)50-23-34-27(19-26(20-33(34)43(50)55)29-8-5-7-25(29)2)22-48(3)16-18-56-17-15-44-28-11-12-30-32(21-28)40(53)38(39(30)52)31-13-14-37(51)47-42(31)54/h6,9-12,19-21,24-25,29,31,38H,4-5,7-8,13-18,22-23H2,1-3H3,(H-,44,47,51,52,54)/p+1/t25-,29?,31?,38?/m1/s1. The highest BCUT2D eigenvalue weighted by atomic mass is 16.5. The summed E-state index contributed by atoms with van der Waals surface area (Å²) in [7, 11) is 2.07. The molecule has 13 nitrogen and oxygen atoms in total. The molecule has 5 aliphatic rings. The molecular formula is C43H48N7O6+. The Kier molecular flexibility index (Phi) is 10.4. The first-order valence-electron chi connectivity index (χ1n) is 19.8. The van der Waals surface area contributed by atoms with E-state index in [4.69, 9.17) is 9.72 Å². The SMILES string of the molecule is CCN1C=[N+]=C1c1cccc(N2Cc3c(CN(C)CCOCCNc4ccc5c(c4)C(=O)C(C4CCC(=O)NC4=O)C5=O)cc(C4CCC[C@H]4C)cc3C2=O)n1. The van der Waals surface area contributed by atoms with Gasteiger partial charge in [-0.15, -0.1) is 0 Å². The monoisotopic (exact) mass is 758 g/mol. The molecule has 2 aliphatic carbocycles. The molecular weight excluding hydrogens is 711 g/mol. The number of benzene rings is 2. The number of rotatable bonds is 14. The smallest absolute Gasteiger partial charge is 0.344 e. The zero-order valence-corrected chi connectivity index (χ0v) is 32.2. The van der Waals surface area contributed by atoms with E-state index in [9.17, 15) is 24.0 Å². The fourth-order valence-corrected chi connectivity index (χ4v) is 8.91. The van der Waals surface area contributed by atoms with Crippen LogP contribution in [0.3, 0.4) is 0 Å². The number of piperidine rings is 1. The van der Waals surface area contributed by atoms with E-state index >= 15 is 0 Å². The van der Waals surface area contributed by atoms with Gasteiger partial charge < -0.3 is 10.1 Å². The number of ether oxygens (including phenoxy) is 1. The number of aromatic nitrogens is 1. The highest BCUT2D eigenvalue weighted by molar-refractivity contribution is 6.28. The molecule has 3 aliphatic heterocycles. The molecule has 290 valence electrons. The summed E-state index contributed by atoms with van der Waals surface area (Å²) in [5.74, 6) is -1.16. The third kappa shape index (κ3) is 7.06. The van der Waals surface area contributed by atoms with Crippen LogP contribution in [0.5, 0.6) is 0 Å². The molecule has 2 fully saturated rings. The molecule has 3 amide bonds. The lowest BCUT2D eigenvalue weighted by Crippen LogP contribution is -2.46. The first-order chi connectivity index (χ1) is 27.1. The number of carbonyl (C=O) groups excluding carboxylic acids is 5. The lowest BCUT2D eigenvalue weighted by atomic mass is 9.82. The van der Waals surface area contributed by atoms with Crippen LogP contribution in [-0.2, 0) is 27.4 Å². The number of hydrogen-bond donors (Lipinski definition) is 2. The number of likely N-dealkylation sites (N-methyl/N-ethyl adjacent to an activating group) is 1. The summed E-state index contributed by atoms with van der Waals surface area (Å²) in [5.41, 5.74) is 6.28. The quantitative estimate of drug-likeness (QED) is 0.107. The van der Waals surface area contributed by atoms with Gasteiger partial charge in [0.15, 0.2) is 17.3 Å². The lowest BCUT2D eigenvalue weighted by molar-refractivity contribution is -0.137. The van der Waals surface area contributed by atoms with Gasteiger partial charge in [-0.25, -0.2) is 14.6 Å². The molecule has 13 heteroatoms. The summed E-state index contributed by atoms with van der Waals surface area (Å²) in [6.45, 7) is 8.43. The van der Waals surface area contributed by atoms with Gasteiger partial charge in [0.2, 0.25) is 11.8 Å². The fourth-order valence-electron chi connectivity index (χ4n) is 8.91. The zero-order chi connectivity index (χ0) is 39.1. The van der Waals surface area contributed by atoms with Gasteiger partial charge in [0.05, 0.1) is 38.1 Å². The Morgan fingerprint density at radius 3 is 2.55 bits per heavy atom. The lowest BCUT2D eigenvalue weighted by Gasteiger charge is -2.23. The van der Waals surface area contributed by atoms with Crippen molar-refractivity contribution in [3.8, 4) is 0 Å². The van der Waals surface area contributed by atoms with Crippen molar-refractivity contribution < 1.29 is 28.7 Å². The fraction of sp³-hybridized carbons (Fsp3) is 0.442. The van der Waals surface area contributed by atoms with Crippen LogP contribution in [0.2, 0.25) is 0 Å². The maximum absolute atomic E-state index is 14.1. The minimum Gasteiger partial charge on any atom is -0.383 e. The van der Waals surface area contributed by atoms with Crippen molar-refractivity contribution in [2.45, 2.75) is 65.0 Å². The van der Waals surface area contributed by atoms with E-state index in [1.807, 2.05) is 23.1 Å². The second-order valence-corrected chi connectivity index (χ2v) is 15.6. The van der Waals surface area contributed by atoms with E-state index in [2.05, 4.69) is 53.2 Å². The normalized spacial score (nSPS) is 22.8. The van der Waals surface area contributed by atoms with Crippen LogP contribution in [0.1, 0.15) is 105 Å². The van der Waals surface area contributed by atoms with Crippen molar-refractivity contribution >= 4 is 53.0 Å². The van der Waals surface area contributed by atoms with Crippen molar-refractivity contribution in [2.75, 3.05) is 50.1 Å². The predicted molar refractivity (Wildman–Crippen MR) is 212 cm³/mol. The molecule has 1 saturated heterocycles. The van der Waals surface area contributed by atoms with Crippen LogP contribution in [0.15, 0.2) is 48.5 Å². The number of pyridine rings is 1. The second kappa shape index (κ2) is 15.6. The molecule has 2 aromatic carbocycles. The number of nitrogens with one attached hydrogen (secondary N) is 2. The predicted octanol–water partition coefficient (Wildman–Crippen LogP) is 3.93. The number of amides is 3. The molecule has 2 N–H and O–H groups in total. The Labute approximate surface area is 326 Å². The van der Waals surface area contributed by atoms with Crippen molar-refractivity contribution in [1.82, 2.24) is 24.8 Å². The van der Waals surface area contributed by atoms with Crippen LogP contribution < -0.4 is 20.2 Å². The molecule has 8 rings (SSSR count). The minimum absolute atomic E-state index is 0.0141. The van der Waals surface area contributed by atoms with Crippen LogP contribution in [-0.4, -0.2) is 96.1 Å². The summed E-state index contributed by atoms with van der Waals surface area (Å²) < 4.78 is 10.4. The van der Waals surface area contributed by atoms with E-state index in [0.717, 1.165) is 41.2 Å². The maximum atomic E-state index is 14.1. The number of Topliss-reactive ketones (excluding diaryl/α,β-unsaturated/α-hetero) is 2. The number of anilines is 2. The minimum atomic E-state index is -1.09. The van der Waals surface area contributed by atoms with E-state index in [1.54, 1.807) is 29.4 Å². The molecule has 0 radical (unpaired) electrons. The Bertz CT molecular complexity index is 2190. The summed E-state index contributed by atoms with van der Waals surface area (Å²) in [4.78, 5) is 75.4. The number of nitrogens with zero attached hydrogens (tertiary/aromatic N) is 5. The third-order valence-electron chi connectivity index (χ3n) is 12.1. The molecule has 1 saturated carbocycles. The first-order valence-corrected chi connectivity index (χ1v) is 19.8. The Morgan fingerprint density at radius 1 is 0.964 bits per heavy atom. The highest BCUT2D eigenvalue weighted by Crippen LogP contribution is 2.42. The molecule has 0 bridgehead atoms. The highest BCUT2D eigenvalue weighted by Gasteiger charge is 2.47. The van der Waals surface area contributed by atoms with Crippen molar-refractivity contribution in [3.05, 3.63) is 87.6 Å². The Balaban J connectivity index is 0.873. The maximum Gasteiger partial charge on any atom is 0.344 e. The molecule has 56 heavy (non-hydrogen) atoms. The Morgan fingerprint density at radius 2 is 1.80 bits per heavy atom. The molecule has 3 unspecified atom stereocenters. The van der Waals surface area contributed by atoms with Crippen molar-refractivity contribution in [3.63, 3.8) is 0 Å². The van der Waals surface area contributed by atoms with E-state index in [0.29, 0.717) is 73.9 Å². The molecule has 3 aromatic rings. The molecule has 4 atom stereocenters. The number of fused-ring (bicyclic) bond motifs is 2. The molecule has 1 aromatic heterocycles. The van der Waals surface area contributed by atoms with E-state index in [-0.39, 0.29) is 36.2 Å².